The number of nitrogens with zero attached hydrogens (tertiary/aromatic N) is 2. The quantitative estimate of drug-likeness (QED) is 0.382. The number of rotatable bonds is 7. The second kappa shape index (κ2) is 11.7. The monoisotopic (exact) mass is 469 g/mol. The van der Waals surface area contributed by atoms with E-state index >= 15 is 0 Å². The Balaban J connectivity index is 0.00000338. The minimum atomic E-state index is -0.0210. The minimum absolute atomic E-state index is 0. The number of hydrogen-bond acceptors (Lipinski definition) is 3. The van der Waals surface area contributed by atoms with E-state index in [0.717, 1.165) is 23.8 Å². The second-order valence-corrected chi connectivity index (χ2v) is 5.77. The molecule has 0 aromatic heterocycles. The van der Waals surface area contributed by atoms with Gasteiger partial charge in [-0.05, 0) is 23.3 Å². The first-order valence-corrected chi connectivity index (χ1v) is 8.30. The maximum atomic E-state index is 5.60. The summed E-state index contributed by atoms with van der Waals surface area (Å²) in [5.41, 5.74) is 2.34. The van der Waals surface area contributed by atoms with Crippen LogP contribution in [0.5, 0.6) is 5.75 Å². The summed E-state index contributed by atoms with van der Waals surface area (Å²) in [6, 6.07) is 18.2. The van der Waals surface area contributed by atoms with Gasteiger partial charge in [0.25, 0.3) is 0 Å². The fourth-order valence-electron chi connectivity index (χ4n) is 2.65. The fourth-order valence-corrected chi connectivity index (χ4v) is 2.65. The smallest absolute Gasteiger partial charge is 0.193 e. The summed E-state index contributed by atoms with van der Waals surface area (Å²) in [6.07, 6.45) is -0.0210. The van der Waals surface area contributed by atoms with Crippen LogP contribution in [0, 0.1) is 0 Å². The molecule has 2 aromatic carbocycles. The van der Waals surface area contributed by atoms with Gasteiger partial charge >= 0.3 is 0 Å². The van der Waals surface area contributed by atoms with Crippen LogP contribution in [-0.2, 0) is 11.3 Å². The van der Waals surface area contributed by atoms with E-state index in [-0.39, 0.29) is 30.1 Å². The molecule has 26 heavy (non-hydrogen) atoms. The summed E-state index contributed by atoms with van der Waals surface area (Å²) in [7, 11) is 7.20. The number of benzene rings is 2. The SMILES string of the molecule is CN=C(NCC(OC)c1ccccc1)N(C)Cc1ccc(OC)cc1.I. The summed E-state index contributed by atoms with van der Waals surface area (Å²) >= 11 is 0. The number of nitrogens with one attached hydrogen (secondary N) is 1. The molecule has 0 saturated carbocycles. The van der Waals surface area contributed by atoms with Gasteiger partial charge in [0.2, 0.25) is 0 Å². The van der Waals surface area contributed by atoms with Crippen LogP contribution in [0.3, 0.4) is 0 Å². The molecule has 1 atom stereocenters. The topological polar surface area (TPSA) is 46.1 Å². The van der Waals surface area contributed by atoms with E-state index in [2.05, 4.69) is 39.5 Å². The van der Waals surface area contributed by atoms with Crippen LogP contribution in [0.25, 0.3) is 0 Å². The van der Waals surface area contributed by atoms with E-state index in [1.165, 1.54) is 5.56 Å². The maximum Gasteiger partial charge on any atom is 0.193 e. The van der Waals surface area contributed by atoms with Crippen molar-refractivity contribution in [3.63, 3.8) is 0 Å². The Bertz CT molecular complexity index is 663. The third-order valence-corrected chi connectivity index (χ3v) is 4.05. The van der Waals surface area contributed by atoms with Gasteiger partial charge in [0.05, 0.1) is 13.2 Å². The van der Waals surface area contributed by atoms with Gasteiger partial charge in [-0.25, -0.2) is 0 Å². The Morgan fingerprint density at radius 1 is 1.08 bits per heavy atom. The first kappa shape index (κ1) is 22.2. The number of hydrogen-bond donors (Lipinski definition) is 1. The van der Waals surface area contributed by atoms with Gasteiger partial charge in [0, 0.05) is 34.3 Å². The molecule has 0 saturated heterocycles. The van der Waals surface area contributed by atoms with Crippen LogP contribution in [0.15, 0.2) is 59.6 Å². The van der Waals surface area contributed by atoms with Gasteiger partial charge in [-0.1, -0.05) is 42.5 Å². The Hall–Kier alpha value is -1.80. The van der Waals surface area contributed by atoms with Crippen molar-refractivity contribution < 1.29 is 9.47 Å². The summed E-state index contributed by atoms with van der Waals surface area (Å²) < 4.78 is 10.8. The Morgan fingerprint density at radius 2 is 1.73 bits per heavy atom. The highest BCUT2D eigenvalue weighted by molar-refractivity contribution is 14.0. The van der Waals surface area contributed by atoms with Gasteiger partial charge in [0.1, 0.15) is 5.75 Å². The van der Waals surface area contributed by atoms with Gasteiger partial charge in [-0.3, -0.25) is 4.99 Å². The van der Waals surface area contributed by atoms with E-state index in [1.807, 2.05) is 37.4 Å². The molecule has 0 bridgehead atoms. The fraction of sp³-hybridized carbons (Fsp3) is 0.350. The zero-order valence-electron chi connectivity index (χ0n) is 15.8. The Kier molecular flexibility index (Phi) is 10.0. The van der Waals surface area contributed by atoms with E-state index in [9.17, 15) is 0 Å². The van der Waals surface area contributed by atoms with Crippen molar-refractivity contribution in [1.29, 1.82) is 0 Å². The molecule has 142 valence electrons. The molecule has 0 spiro atoms. The molecule has 0 heterocycles. The minimum Gasteiger partial charge on any atom is -0.497 e. The second-order valence-electron chi connectivity index (χ2n) is 5.77. The van der Waals surface area contributed by atoms with Crippen LogP contribution in [-0.4, -0.2) is 45.7 Å². The van der Waals surface area contributed by atoms with Crippen LogP contribution >= 0.6 is 24.0 Å². The van der Waals surface area contributed by atoms with E-state index in [0.29, 0.717) is 6.54 Å². The first-order chi connectivity index (χ1) is 12.2. The molecule has 2 aromatic rings. The lowest BCUT2D eigenvalue weighted by atomic mass is 10.1. The zero-order valence-corrected chi connectivity index (χ0v) is 18.1. The molecular weight excluding hydrogens is 441 g/mol. The lowest BCUT2D eigenvalue weighted by molar-refractivity contribution is 0.106. The summed E-state index contributed by atoms with van der Waals surface area (Å²) in [4.78, 5) is 6.45. The van der Waals surface area contributed by atoms with Crippen molar-refractivity contribution in [3.8, 4) is 5.75 Å². The first-order valence-electron chi connectivity index (χ1n) is 8.30. The molecule has 5 nitrogen and oxygen atoms in total. The van der Waals surface area contributed by atoms with Gasteiger partial charge in [0.15, 0.2) is 5.96 Å². The van der Waals surface area contributed by atoms with Crippen molar-refractivity contribution in [3.05, 3.63) is 65.7 Å². The van der Waals surface area contributed by atoms with Crippen molar-refractivity contribution in [2.24, 2.45) is 4.99 Å². The summed E-state index contributed by atoms with van der Waals surface area (Å²) in [6.45, 7) is 1.41. The van der Waals surface area contributed by atoms with Crippen molar-refractivity contribution in [1.82, 2.24) is 10.2 Å². The van der Waals surface area contributed by atoms with Crippen LogP contribution in [0.1, 0.15) is 17.2 Å². The molecule has 0 aliphatic rings. The van der Waals surface area contributed by atoms with Gasteiger partial charge < -0.3 is 19.7 Å². The molecule has 6 heteroatoms. The van der Waals surface area contributed by atoms with Crippen molar-refractivity contribution in [2.45, 2.75) is 12.6 Å². The van der Waals surface area contributed by atoms with Crippen molar-refractivity contribution >= 4 is 29.9 Å². The van der Waals surface area contributed by atoms with E-state index < -0.39 is 0 Å². The molecule has 1 N–H and O–H groups in total. The van der Waals surface area contributed by atoms with Crippen LogP contribution < -0.4 is 10.1 Å². The van der Waals surface area contributed by atoms with Gasteiger partial charge in [-0.2, -0.15) is 0 Å². The average Bonchev–Trinajstić information content (AvgIpc) is 2.66. The molecule has 0 aliphatic heterocycles. The molecular formula is C20H28IN3O2. The lowest BCUT2D eigenvalue weighted by Crippen LogP contribution is -2.40. The lowest BCUT2D eigenvalue weighted by Gasteiger charge is -2.24. The normalized spacial score (nSPS) is 12.1. The number of aliphatic imine (C=N–C) groups is 1. The molecule has 0 radical (unpaired) electrons. The largest absolute Gasteiger partial charge is 0.497 e. The molecule has 0 amide bonds. The molecule has 0 fully saturated rings. The molecule has 2 rings (SSSR count). The highest BCUT2D eigenvalue weighted by Crippen LogP contribution is 2.15. The number of guanidine groups is 1. The number of ether oxygens (including phenoxy) is 2. The molecule has 0 aliphatic carbocycles. The predicted octanol–water partition coefficient (Wildman–Crippen LogP) is 3.71. The highest BCUT2D eigenvalue weighted by Gasteiger charge is 2.13. The van der Waals surface area contributed by atoms with Crippen LogP contribution in [0.2, 0.25) is 0 Å². The van der Waals surface area contributed by atoms with Crippen molar-refractivity contribution in [2.75, 3.05) is 34.9 Å². The molecule has 1 unspecified atom stereocenters. The van der Waals surface area contributed by atoms with Crippen LogP contribution in [0.4, 0.5) is 0 Å². The predicted molar refractivity (Wildman–Crippen MR) is 117 cm³/mol. The third kappa shape index (κ3) is 6.49. The van der Waals surface area contributed by atoms with E-state index in [1.54, 1.807) is 21.3 Å². The number of methoxy groups -OCH3 is 2. The van der Waals surface area contributed by atoms with Gasteiger partial charge in [-0.15, -0.1) is 24.0 Å². The summed E-state index contributed by atoms with van der Waals surface area (Å²) in [5.74, 6) is 1.69. The average molecular weight is 469 g/mol. The third-order valence-electron chi connectivity index (χ3n) is 4.05. The van der Waals surface area contributed by atoms with E-state index in [4.69, 9.17) is 9.47 Å². The number of halogens is 1. The summed E-state index contributed by atoms with van der Waals surface area (Å²) in [5, 5.41) is 3.39. The Labute approximate surface area is 173 Å². The standard InChI is InChI=1S/C20H27N3O2.HI/c1-21-20(22-14-19(25-4)17-8-6-5-7-9-17)23(2)15-16-10-12-18(24-3)13-11-16;/h5-13,19H,14-15H2,1-4H3,(H,21,22);1H. The zero-order chi connectivity index (χ0) is 18.1. The Morgan fingerprint density at radius 3 is 2.27 bits per heavy atom. The highest BCUT2D eigenvalue weighted by atomic mass is 127. The maximum absolute atomic E-state index is 5.60.